The molecule has 2 unspecified atom stereocenters. The smallest absolute Gasteiger partial charge is 0.244 e. The van der Waals surface area contributed by atoms with Gasteiger partial charge >= 0.3 is 0 Å². The summed E-state index contributed by atoms with van der Waals surface area (Å²) in [5, 5.41) is 12.6. The molecule has 5 heteroatoms. The number of halogens is 1. The second-order valence-corrected chi connectivity index (χ2v) is 5.22. The molecule has 1 fully saturated rings. The van der Waals surface area contributed by atoms with Crippen molar-refractivity contribution >= 4 is 27.9 Å². The standard InChI is InChI=1S/C13H16BrNO3/c14-12-7-5-9(18-12)6-8-13(17)15-10-3-1-2-4-11(10)16/h5-8,10-11,16H,1-4H2,(H,15,17)/b8-6+. The van der Waals surface area contributed by atoms with Gasteiger partial charge in [-0.3, -0.25) is 4.79 Å². The Kier molecular flexibility index (Phi) is 4.60. The molecule has 1 saturated carbocycles. The molecular formula is C13H16BrNO3. The van der Waals surface area contributed by atoms with E-state index >= 15 is 0 Å². The molecule has 1 aliphatic carbocycles. The quantitative estimate of drug-likeness (QED) is 0.843. The maximum Gasteiger partial charge on any atom is 0.244 e. The van der Waals surface area contributed by atoms with E-state index < -0.39 is 6.10 Å². The molecule has 0 spiro atoms. The molecule has 1 aromatic rings. The zero-order valence-electron chi connectivity index (χ0n) is 9.93. The van der Waals surface area contributed by atoms with Gasteiger partial charge in [-0.15, -0.1) is 0 Å². The van der Waals surface area contributed by atoms with Gasteiger partial charge in [-0.25, -0.2) is 0 Å². The molecule has 2 rings (SSSR count). The van der Waals surface area contributed by atoms with Crippen molar-refractivity contribution in [3.8, 4) is 0 Å². The van der Waals surface area contributed by atoms with Crippen molar-refractivity contribution in [2.24, 2.45) is 0 Å². The number of nitrogens with one attached hydrogen (secondary N) is 1. The molecule has 0 radical (unpaired) electrons. The van der Waals surface area contributed by atoms with Gasteiger partial charge in [-0.2, -0.15) is 0 Å². The van der Waals surface area contributed by atoms with E-state index in [0.717, 1.165) is 25.7 Å². The van der Waals surface area contributed by atoms with Crippen LogP contribution in [-0.2, 0) is 4.79 Å². The minimum atomic E-state index is -0.422. The third-order valence-corrected chi connectivity index (χ3v) is 3.48. The van der Waals surface area contributed by atoms with Crippen LogP contribution in [0.25, 0.3) is 6.08 Å². The average molecular weight is 314 g/mol. The van der Waals surface area contributed by atoms with Gasteiger partial charge in [0.1, 0.15) is 5.76 Å². The van der Waals surface area contributed by atoms with E-state index in [-0.39, 0.29) is 11.9 Å². The Morgan fingerprint density at radius 2 is 2.22 bits per heavy atom. The van der Waals surface area contributed by atoms with Gasteiger partial charge in [0.2, 0.25) is 5.91 Å². The molecule has 1 heterocycles. The van der Waals surface area contributed by atoms with Crippen molar-refractivity contribution < 1.29 is 14.3 Å². The Bertz CT molecular complexity index is 441. The number of aliphatic hydroxyl groups is 1. The van der Waals surface area contributed by atoms with E-state index in [1.807, 2.05) is 0 Å². The highest BCUT2D eigenvalue weighted by Gasteiger charge is 2.23. The third kappa shape index (κ3) is 3.71. The number of hydrogen-bond donors (Lipinski definition) is 2. The first-order chi connectivity index (χ1) is 8.65. The van der Waals surface area contributed by atoms with Crippen LogP contribution in [0.5, 0.6) is 0 Å². The maximum absolute atomic E-state index is 11.7. The number of aliphatic hydroxyl groups excluding tert-OH is 1. The van der Waals surface area contributed by atoms with Crippen LogP contribution in [0.2, 0.25) is 0 Å². The fourth-order valence-electron chi connectivity index (χ4n) is 2.09. The summed E-state index contributed by atoms with van der Waals surface area (Å²) < 4.78 is 5.88. The predicted octanol–water partition coefficient (Wildman–Crippen LogP) is 2.48. The van der Waals surface area contributed by atoms with Crippen LogP contribution in [0.4, 0.5) is 0 Å². The number of carbonyl (C=O) groups is 1. The number of furan rings is 1. The monoisotopic (exact) mass is 313 g/mol. The molecule has 98 valence electrons. The fraction of sp³-hybridized carbons (Fsp3) is 0.462. The molecule has 4 nitrogen and oxygen atoms in total. The zero-order valence-corrected chi connectivity index (χ0v) is 11.5. The molecular weight excluding hydrogens is 298 g/mol. The normalized spacial score (nSPS) is 24.3. The summed E-state index contributed by atoms with van der Waals surface area (Å²) in [7, 11) is 0. The average Bonchev–Trinajstić information content (AvgIpc) is 2.76. The van der Waals surface area contributed by atoms with E-state index in [2.05, 4.69) is 21.2 Å². The van der Waals surface area contributed by atoms with Gasteiger partial charge in [0, 0.05) is 6.08 Å². The summed E-state index contributed by atoms with van der Waals surface area (Å²) >= 11 is 3.19. The highest BCUT2D eigenvalue weighted by Crippen LogP contribution is 2.18. The second kappa shape index (κ2) is 6.20. The van der Waals surface area contributed by atoms with Gasteiger partial charge in [0.05, 0.1) is 12.1 Å². The van der Waals surface area contributed by atoms with E-state index in [1.54, 1.807) is 18.2 Å². The van der Waals surface area contributed by atoms with E-state index in [9.17, 15) is 9.90 Å². The van der Waals surface area contributed by atoms with Crippen molar-refractivity contribution in [2.45, 2.75) is 37.8 Å². The van der Waals surface area contributed by atoms with E-state index in [1.165, 1.54) is 6.08 Å². The van der Waals surface area contributed by atoms with Crippen molar-refractivity contribution in [1.82, 2.24) is 5.32 Å². The van der Waals surface area contributed by atoms with Crippen molar-refractivity contribution in [1.29, 1.82) is 0 Å². The molecule has 1 amide bonds. The second-order valence-electron chi connectivity index (χ2n) is 4.44. The summed E-state index contributed by atoms with van der Waals surface area (Å²) in [5.74, 6) is 0.412. The minimum absolute atomic E-state index is 0.126. The maximum atomic E-state index is 11.7. The highest BCUT2D eigenvalue weighted by molar-refractivity contribution is 9.10. The van der Waals surface area contributed by atoms with Gasteiger partial charge in [0.15, 0.2) is 4.67 Å². The molecule has 0 bridgehead atoms. The summed E-state index contributed by atoms with van der Waals surface area (Å²) in [6, 6.07) is 3.41. The predicted molar refractivity (Wildman–Crippen MR) is 71.8 cm³/mol. The summed E-state index contributed by atoms with van der Waals surface area (Å²) in [6.45, 7) is 0. The Morgan fingerprint density at radius 3 is 2.89 bits per heavy atom. The van der Waals surface area contributed by atoms with Gasteiger partial charge in [0.25, 0.3) is 0 Å². The van der Waals surface area contributed by atoms with Crippen LogP contribution < -0.4 is 5.32 Å². The Labute approximate surface area is 114 Å². The lowest BCUT2D eigenvalue weighted by atomic mass is 9.92. The lowest BCUT2D eigenvalue weighted by Gasteiger charge is -2.27. The molecule has 1 aliphatic rings. The molecule has 0 saturated heterocycles. The van der Waals surface area contributed by atoms with Crippen LogP contribution in [-0.4, -0.2) is 23.2 Å². The molecule has 0 aromatic carbocycles. The first kappa shape index (κ1) is 13.4. The summed E-state index contributed by atoms with van der Waals surface area (Å²) in [5.41, 5.74) is 0. The van der Waals surface area contributed by atoms with Gasteiger partial charge < -0.3 is 14.8 Å². The van der Waals surface area contributed by atoms with E-state index in [0.29, 0.717) is 10.4 Å². The molecule has 1 aromatic heterocycles. The highest BCUT2D eigenvalue weighted by atomic mass is 79.9. The molecule has 0 aliphatic heterocycles. The largest absolute Gasteiger partial charge is 0.450 e. The van der Waals surface area contributed by atoms with Crippen LogP contribution in [0.15, 0.2) is 27.3 Å². The van der Waals surface area contributed by atoms with E-state index in [4.69, 9.17) is 4.42 Å². The lowest BCUT2D eigenvalue weighted by Crippen LogP contribution is -2.44. The lowest BCUT2D eigenvalue weighted by molar-refractivity contribution is -0.118. The third-order valence-electron chi connectivity index (χ3n) is 3.05. The SMILES string of the molecule is O=C(/C=C/c1ccc(Br)o1)NC1CCCCC1O. The molecule has 18 heavy (non-hydrogen) atoms. The number of rotatable bonds is 3. The number of carbonyl (C=O) groups excluding carboxylic acids is 1. The Morgan fingerprint density at radius 1 is 1.44 bits per heavy atom. The summed E-state index contributed by atoms with van der Waals surface area (Å²) in [4.78, 5) is 11.7. The fourth-order valence-corrected chi connectivity index (χ4v) is 2.41. The van der Waals surface area contributed by atoms with Gasteiger partial charge in [-0.05, 0) is 47.0 Å². The first-order valence-electron chi connectivity index (χ1n) is 6.07. The van der Waals surface area contributed by atoms with Crippen molar-refractivity contribution in [2.75, 3.05) is 0 Å². The summed E-state index contributed by atoms with van der Waals surface area (Å²) in [6.07, 6.45) is 6.30. The van der Waals surface area contributed by atoms with Crippen molar-refractivity contribution in [3.05, 3.63) is 28.6 Å². The van der Waals surface area contributed by atoms with Crippen LogP contribution in [0.1, 0.15) is 31.4 Å². The zero-order chi connectivity index (χ0) is 13.0. The van der Waals surface area contributed by atoms with Crippen molar-refractivity contribution in [3.63, 3.8) is 0 Å². The minimum Gasteiger partial charge on any atom is -0.450 e. The first-order valence-corrected chi connectivity index (χ1v) is 6.86. The van der Waals surface area contributed by atoms with Crippen LogP contribution >= 0.6 is 15.9 Å². The van der Waals surface area contributed by atoms with Gasteiger partial charge in [-0.1, -0.05) is 12.8 Å². The molecule has 2 N–H and O–H groups in total. The topological polar surface area (TPSA) is 62.5 Å². The Hall–Kier alpha value is -1.07. The number of hydrogen-bond acceptors (Lipinski definition) is 3. The van der Waals surface area contributed by atoms with Crippen LogP contribution in [0, 0.1) is 0 Å². The van der Waals surface area contributed by atoms with Crippen LogP contribution in [0.3, 0.4) is 0 Å². The Balaban J connectivity index is 1.86. The molecule has 2 atom stereocenters. The number of amides is 1.